The van der Waals surface area contributed by atoms with Crippen molar-refractivity contribution in [1.82, 2.24) is 4.90 Å². The summed E-state index contributed by atoms with van der Waals surface area (Å²) in [5.41, 5.74) is 5.10. The van der Waals surface area contributed by atoms with Crippen LogP contribution in [-0.2, 0) is 22.5 Å². The highest BCUT2D eigenvalue weighted by Gasteiger charge is 2.25. The van der Waals surface area contributed by atoms with Crippen molar-refractivity contribution in [2.75, 3.05) is 18.5 Å². The number of rotatable bonds is 3. The van der Waals surface area contributed by atoms with Crippen molar-refractivity contribution in [3.63, 3.8) is 0 Å². The summed E-state index contributed by atoms with van der Waals surface area (Å²) in [5, 5.41) is 2.87. The van der Waals surface area contributed by atoms with E-state index in [1.54, 1.807) is 24.3 Å². The normalized spacial score (nSPS) is 18.9. The quantitative estimate of drug-likeness (QED) is 0.909. The molecule has 0 bridgehead atoms. The first kappa shape index (κ1) is 17.7. The SMILES string of the molecule is Cc1cccc2c1CCN(C(=O)c1cccc(NC(=O)C3CCCO3)c1)C2. The van der Waals surface area contributed by atoms with Gasteiger partial charge in [-0.05, 0) is 61.1 Å². The van der Waals surface area contributed by atoms with Crippen molar-refractivity contribution in [1.29, 1.82) is 0 Å². The number of nitrogens with one attached hydrogen (secondary N) is 1. The zero-order chi connectivity index (χ0) is 18.8. The molecule has 2 aliphatic heterocycles. The van der Waals surface area contributed by atoms with Gasteiger partial charge in [-0.25, -0.2) is 0 Å². The van der Waals surface area contributed by atoms with Gasteiger partial charge in [-0.15, -0.1) is 0 Å². The van der Waals surface area contributed by atoms with Crippen LogP contribution in [0.4, 0.5) is 5.69 Å². The number of nitrogens with zero attached hydrogens (tertiary/aromatic N) is 1. The number of anilines is 1. The molecule has 2 aromatic carbocycles. The summed E-state index contributed by atoms with van der Waals surface area (Å²) in [7, 11) is 0. The van der Waals surface area contributed by atoms with Crippen LogP contribution in [-0.4, -0.2) is 36.0 Å². The lowest BCUT2D eigenvalue weighted by molar-refractivity contribution is -0.124. The van der Waals surface area contributed by atoms with E-state index in [4.69, 9.17) is 4.74 Å². The third-order valence-corrected chi connectivity index (χ3v) is 5.39. The molecule has 2 heterocycles. The van der Waals surface area contributed by atoms with Crippen molar-refractivity contribution in [2.24, 2.45) is 0 Å². The maximum absolute atomic E-state index is 13.0. The molecule has 0 saturated carbocycles. The first-order valence-corrected chi connectivity index (χ1v) is 9.51. The second-order valence-corrected chi connectivity index (χ2v) is 7.26. The predicted molar refractivity (Wildman–Crippen MR) is 104 cm³/mol. The standard InChI is InChI=1S/C22H24N2O3/c1-15-5-2-7-17-14-24(11-10-19(15)17)22(26)16-6-3-8-18(13-16)23-21(25)20-9-4-12-27-20/h2-3,5-8,13,20H,4,9-12,14H2,1H3,(H,23,25). The van der Waals surface area contributed by atoms with Crippen molar-refractivity contribution in [3.8, 4) is 0 Å². The Bertz CT molecular complexity index is 872. The van der Waals surface area contributed by atoms with Crippen LogP contribution >= 0.6 is 0 Å². The molecule has 0 aliphatic carbocycles. The Morgan fingerprint density at radius 3 is 2.85 bits per heavy atom. The summed E-state index contributed by atoms with van der Waals surface area (Å²) in [4.78, 5) is 27.1. The summed E-state index contributed by atoms with van der Waals surface area (Å²) < 4.78 is 5.42. The average Bonchev–Trinajstić information content (AvgIpc) is 3.22. The molecule has 0 radical (unpaired) electrons. The Morgan fingerprint density at radius 2 is 2.04 bits per heavy atom. The smallest absolute Gasteiger partial charge is 0.254 e. The van der Waals surface area contributed by atoms with Gasteiger partial charge in [0.25, 0.3) is 11.8 Å². The first-order valence-electron chi connectivity index (χ1n) is 9.51. The van der Waals surface area contributed by atoms with Crippen LogP contribution in [0.15, 0.2) is 42.5 Å². The summed E-state index contributed by atoms with van der Waals surface area (Å²) in [5.74, 6) is -0.144. The molecular weight excluding hydrogens is 340 g/mol. The molecule has 4 rings (SSSR count). The zero-order valence-electron chi connectivity index (χ0n) is 15.5. The Balaban J connectivity index is 1.47. The second kappa shape index (κ2) is 7.53. The molecule has 2 amide bonds. The largest absolute Gasteiger partial charge is 0.368 e. The predicted octanol–water partition coefficient (Wildman–Crippen LogP) is 3.31. The van der Waals surface area contributed by atoms with E-state index < -0.39 is 0 Å². The van der Waals surface area contributed by atoms with E-state index >= 15 is 0 Å². The van der Waals surface area contributed by atoms with Crippen molar-refractivity contribution < 1.29 is 14.3 Å². The monoisotopic (exact) mass is 364 g/mol. The van der Waals surface area contributed by atoms with Crippen LogP contribution in [0.2, 0.25) is 0 Å². The third kappa shape index (κ3) is 3.74. The minimum atomic E-state index is -0.383. The lowest BCUT2D eigenvalue weighted by Gasteiger charge is -2.30. The number of fused-ring (bicyclic) bond motifs is 1. The molecule has 140 valence electrons. The Labute approximate surface area is 159 Å². The number of carbonyl (C=O) groups excluding carboxylic acids is 2. The number of aryl methyl sites for hydroxylation is 1. The van der Waals surface area contributed by atoms with Crippen LogP contribution in [0.25, 0.3) is 0 Å². The minimum absolute atomic E-state index is 0.00429. The number of hydrogen-bond donors (Lipinski definition) is 1. The van der Waals surface area contributed by atoms with Gasteiger partial charge < -0.3 is 15.0 Å². The average molecular weight is 364 g/mol. The molecular formula is C22H24N2O3. The molecule has 5 nitrogen and oxygen atoms in total. The van der Waals surface area contributed by atoms with Crippen LogP contribution in [0.5, 0.6) is 0 Å². The van der Waals surface area contributed by atoms with Gasteiger partial charge in [0.15, 0.2) is 0 Å². The van der Waals surface area contributed by atoms with Crippen LogP contribution in [0.1, 0.15) is 39.9 Å². The fraction of sp³-hybridized carbons (Fsp3) is 0.364. The topological polar surface area (TPSA) is 58.6 Å². The second-order valence-electron chi connectivity index (χ2n) is 7.26. The molecule has 1 fully saturated rings. The Morgan fingerprint density at radius 1 is 1.19 bits per heavy atom. The van der Waals surface area contributed by atoms with E-state index in [0.29, 0.717) is 30.9 Å². The first-order chi connectivity index (χ1) is 13.1. The Hall–Kier alpha value is -2.66. The molecule has 2 aromatic rings. The molecule has 0 aromatic heterocycles. The maximum atomic E-state index is 13.0. The molecule has 27 heavy (non-hydrogen) atoms. The van der Waals surface area contributed by atoms with E-state index in [1.807, 2.05) is 11.0 Å². The van der Waals surface area contributed by atoms with E-state index in [0.717, 1.165) is 19.3 Å². The van der Waals surface area contributed by atoms with Crippen LogP contribution in [0.3, 0.4) is 0 Å². The van der Waals surface area contributed by atoms with Crippen LogP contribution < -0.4 is 5.32 Å². The molecule has 1 unspecified atom stereocenters. The number of ether oxygens (including phenoxy) is 1. The van der Waals surface area contributed by atoms with Crippen molar-refractivity contribution in [3.05, 3.63) is 64.7 Å². The van der Waals surface area contributed by atoms with Gasteiger partial charge in [-0.1, -0.05) is 24.3 Å². The fourth-order valence-electron chi connectivity index (χ4n) is 3.89. The summed E-state index contributed by atoms with van der Waals surface area (Å²) in [6, 6.07) is 13.4. The fourth-order valence-corrected chi connectivity index (χ4v) is 3.89. The lowest BCUT2D eigenvalue weighted by atomic mass is 9.95. The van der Waals surface area contributed by atoms with E-state index in [2.05, 4.69) is 24.4 Å². The van der Waals surface area contributed by atoms with Gasteiger partial charge in [-0.3, -0.25) is 9.59 Å². The molecule has 5 heteroatoms. The Kier molecular flexibility index (Phi) is 4.94. The maximum Gasteiger partial charge on any atom is 0.254 e. The summed E-state index contributed by atoms with van der Waals surface area (Å²) in [6.45, 7) is 4.09. The van der Waals surface area contributed by atoms with Crippen LogP contribution in [0, 0.1) is 6.92 Å². The number of amides is 2. The van der Waals surface area contributed by atoms with Gasteiger partial charge in [0, 0.05) is 30.9 Å². The molecule has 1 saturated heterocycles. The van der Waals surface area contributed by atoms with Gasteiger partial charge >= 0.3 is 0 Å². The third-order valence-electron chi connectivity index (χ3n) is 5.39. The highest BCUT2D eigenvalue weighted by atomic mass is 16.5. The van der Waals surface area contributed by atoms with Gasteiger partial charge in [0.1, 0.15) is 6.10 Å². The highest BCUT2D eigenvalue weighted by Crippen LogP contribution is 2.24. The summed E-state index contributed by atoms with van der Waals surface area (Å²) >= 11 is 0. The number of hydrogen-bond acceptors (Lipinski definition) is 3. The molecule has 1 atom stereocenters. The van der Waals surface area contributed by atoms with E-state index in [1.165, 1.54) is 16.7 Å². The van der Waals surface area contributed by atoms with Gasteiger partial charge in [0.2, 0.25) is 0 Å². The molecule has 2 aliphatic rings. The highest BCUT2D eigenvalue weighted by molar-refractivity contribution is 5.98. The minimum Gasteiger partial charge on any atom is -0.368 e. The number of carbonyl (C=O) groups is 2. The zero-order valence-corrected chi connectivity index (χ0v) is 15.5. The molecule has 1 N–H and O–H groups in total. The summed E-state index contributed by atoms with van der Waals surface area (Å²) in [6.07, 6.45) is 2.15. The molecule has 0 spiro atoms. The van der Waals surface area contributed by atoms with Gasteiger partial charge in [-0.2, -0.15) is 0 Å². The lowest BCUT2D eigenvalue weighted by Crippen LogP contribution is -2.36. The van der Waals surface area contributed by atoms with Gasteiger partial charge in [0.05, 0.1) is 0 Å². The van der Waals surface area contributed by atoms with Crippen molar-refractivity contribution >= 4 is 17.5 Å². The number of benzene rings is 2. The van der Waals surface area contributed by atoms with E-state index in [9.17, 15) is 9.59 Å². The van der Waals surface area contributed by atoms with Crippen molar-refractivity contribution in [2.45, 2.75) is 38.8 Å². The van der Waals surface area contributed by atoms with E-state index in [-0.39, 0.29) is 17.9 Å².